The molecule has 0 aliphatic carbocycles. The van der Waals surface area contributed by atoms with Gasteiger partial charge in [-0.3, -0.25) is 4.72 Å². The molecule has 6 heteroatoms. The van der Waals surface area contributed by atoms with Crippen molar-refractivity contribution in [1.82, 2.24) is 9.71 Å². The van der Waals surface area contributed by atoms with E-state index in [0.717, 1.165) is 26.5 Å². The van der Waals surface area contributed by atoms with E-state index in [-0.39, 0.29) is 0 Å². The van der Waals surface area contributed by atoms with Gasteiger partial charge in [0.2, 0.25) is 0 Å². The van der Waals surface area contributed by atoms with E-state index in [0.29, 0.717) is 0 Å². The summed E-state index contributed by atoms with van der Waals surface area (Å²) in [4.78, 5) is 5.55. The summed E-state index contributed by atoms with van der Waals surface area (Å²) >= 11 is 9.32. The Morgan fingerprint density at radius 3 is 2.43 bits per heavy atom. The number of halogens is 1. The van der Waals surface area contributed by atoms with Crippen molar-refractivity contribution in [3.8, 4) is 0 Å². The predicted octanol–water partition coefficient (Wildman–Crippen LogP) is 5.17. The quantitative estimate of drug-likeness (QED) is 0.563. The number of hydrogen-bond donors (Lipinski definition) is 3. The third-order valence-electron chi connectivity index (χ3n) is 2.99. The topological polar surface area (TPSA) is 39.8 Å². The Morgan fingerprint density at radius 2 is 1.71 bits per heavy atom. The van der Waals surface area contributed by atoms with Gasteiger partial charge in [0.05, 0.1) is 16.2 Å². The molecule has 3 nitrogen and oxygen atoms in total. The summed E-state index contributed by atoms with van der Waals surface area (Å²) in [6.45, 7) is 0. The smallest absolute Gasteiger partial charge is 0.0713 e. The molecule has 0 spiro atoms. The van der Waals surface area contributed by atoms with E-state index in [1.165, 1.54) is 4.90 Å². The van der Waals surface area contributed by atoms with E-state index in [9.17, 15) is 0 Å². The number of rotatable bonds is 5. The van der Waals surface area contributed by atoms with E-state index in [1.807, 2.05) is 31.4 Å². The fourth-order valence-electron chi connectivity index (χ4n) is 2.01. The average Bonchev–Trinajstić information content (AvgIpc) is 2.89. The SMILES string of the molecule is CNSc1ccc(SNc2cccc3c(Cl)c[nH]c23)cc1. The number of hydrogen-bond acceptors (Lipinski definition) is 4. The van der Waals surface area contributed by atoms with Crippen molar-refractivity contribution < 1.29 is 0 Å². The lowest BCUT2D eigenvalue weighted by Gasteiger charge is -2.07. The molecule has 1 aromatic heterocycles. The number of aromatic nitrogens is 1. The Hall–Kier alpha value is -1.27. The number of aromatic amines is 1. The van der Waals surface area contributed by atoms with Crippen LogP contribution in [-0.2, 0) is 0 Å². The van der Waals surface area contributed by atoms with E-state index >= 15 is 0 Å². The summed E-state index contributed by atoms with van der Waals surface area (Å²) < 4.78 is 6.43. The van der Waals surface area contributed by atoms with Crippen molar-refractivity contribution in [3.63, 3.8) is 0 Å². The van der Waals surface area contributed by atoms with Gasteiger partial charge in [-0.25, -0.2) is 0 Å². The maximum Gasteiger partial charge on any atom is 0.0713 e. The van der Waals surface area contributed by atoms with Crippen LogP contribution in [0.15, 0.2) is 58.5 Å². The molecular weight excluding hydrogens is 322 g/mol. The first-order valence-corrected chi connectivity index (χ1v) is 8.41. The summed E-state index contributed by atoms with van der Waals surface area (Å²) in [5.41, 5.74) is 2.05. The predicted molar refractivity (Wildman–Crippen MR) is 94.1 cm³/mol. The molecule has 0 radical (unpaired) electrons. The van der Waals surface area contributed by atoms with Gasteiger partial charge in [-0.05, 0) is 61.3 Å². The Labute approximate surface area is 137 Å². The van der Waals surface area contributed by atoms with Crippen LogP contribution in [0, 0.1) is 0 Å². The number of benzene rings is 2. The molecule has 0 bridgehead atoms. The summed E-state index contributed by atoms with van der Waals surface area (Å²) in [6, 6.07) is 14.4. The number of anilines is 1. The zero-order valence-electron chi connectivity index (χ0n) is 11.3. The summed E-state index contributed by atoms with van der Waals surface area (Å²) in [6.07, 6.45) is 1.81. The van der Waals surface area contributed by atoms with Crippen molar-refractivity contribution in [2.24, 2.45) is 0 Å². The van der Waals surface area contributed by atoms with Crippen molar-refractivity contribution in [2.75, 3.05) is 11.8 Å². The Bertz CT molecular complexity index is 740. The van der Waals surface area contributed by atoms with E-state index < -0.39 is 0 Å². The highest BCUT2D eigenvalue weighted by molar-refractivity contribution is 8.00. The second kappa shape index (κ2) is 6.66. The molecule has 0 unspecified atom stereocenters. The van der Waals surface area contributed by atoms with Gasteiger partial charge in [-0.15, -0.1) is 0 Å². The zero-order chi connectivity index (χ0) is 14.7. The monoisotopic (exact) mass is 335 g/mol. The average molecular weight is 336 g/mol. The zero-order valence-corrected chi connectivity index (χ0v) is 13.7. The van der Waals surface area contributed by atoms with Crippen LogP contribution in [0.4, 0.5) is 5.69 Å². The molecule has 2 aromatic carbocycles. The van der Waals surface area contributed by atoms with Crippen LogP contribution in [0.3, 0.4) is 0 Å². The van der Waals surface area contributed by atoms with Gasteiger partial charge in [0.15, 0.2) is 0 Å². The van der Waals surface area contributed by atoms with E-state index in [1.54, 1.807) is 23.9 Å². The maximum absolute atomic E-state index is 6.13. The molecule has 0 aliphatic rings. The lowest BCUT2D eigenvalue weighted by Crippen LogP contribution is -1.91. The highest BCUT2D eigenvalue weighted by Crippen LogP contribution is 2.31. The van der Waals surface area contributed by atoms with Crippen LogP contribution in [-0.4, -0.2) is 12.0 Å². The molecule has 21 heavy (non-hydrogen) atoms. The van der Waals surface area contributed by atoms with Gasteiger partial charge < -0.3 is 9.71 Å². The molecule has 0 amide bonds. The molecule has 3 aromatic rings. The highest BCUT2D eigenvalue weighted by Gasteiger charge is 2.06. The fraction of sp³-hybridized carbons (Fsp3) is 0.0667. The molecule has 0 fully saturated rings. The van der Waals surface area contributed by atoms with Gasteiger partial charge >= 0.3 is 0 Å². The van der Waals surface area contributed by atoms with Crippen LogP contribution in [0.1, 0.15) is 0 Å². The minimum absolute atomic E-state index is 0.743. The summed E-state index contributed by atoms with van der Waals surface area (Å²) in [7, 11) is 1.91. The van der Waals surface area contributed by atoms with Crippen LogP contribution in [0.5, 0.6) is 0 Å². The maximum atomic E-state index is 6.13. The minimum Gasteiger partial charge on any atom is -0.358 e. The molecule has 108 valence electrons. The highest BCUT2D eigenvalue weighted by atomic mass is 35.5. The molecule has 0 saturated heterocycles. The fourth-order valence-corrected chi connectivity index (χ4v) is 3.40. The van der Waals surface area contributed by atoms with Crippen molar-refractivity contribution in [3.05, 3.63) is 53.7 Å². The standard InChI is InChI=1S/C15H14ClN3S2/c1-17-20-10-5-7-11(8-6-10)21-19-14-4-2-3-12-13(16)9-18-15(12)14/h2-9,17-19H,1H3. The number of fused-ring (bicyclic) bond motifs is 1. The summed E-state index contributed by atoms with van der Waals surface area (Å²) in [5.74, 6) is 0. The van der Waals surface area contributed by atoms with Crippen LogP contribution < -0.4 is 9.44 Å². The largest absolute Gasteiger partial charge is 0.358 e. The van der Waals surface area contributed by atoms with Crippen molar-refractivity contribution in [2.45, 2.75) is 9.79 Å². The van der Waals surface area contributed by atoms with Crippen LogP contribution in [0.25, 0.3) is 10.9 Å². The van der Waals surface area contributed by atoms with Gasteiger partial charge in [0.1, 0.15) is 0 Å². The van der Waals surface area contributed by atoms with Crippen molar-refractivity contribution in [1.29, 1.82) is 0 Å². The van der Waals surface area contributed by atoms with E-state index in [4.69, 9.17) is 11.6 Å². The Balaban J connectivity index is 1.74. The van der Waals surface area contributed by atoms with Gasteiger partial charge in [0.25, 0.3) is 0 Å². The van der Waals surface area contributed by atoms with Gasteiger partial charge in [-0.1, -0.05) is 23.7 Å². The summed E-state index contributed by atoms with van der Waals surface area (Å²) in [5, 5.41) is 1.77. The normalized spacial score (nSPS) is 11.0. The number of nitrogens with one attached hydrogen (secondary N) is 3. The van der Waals surface area contributed by atoms with Crippen molar-refractivity contribution >= 4 is 52.1 Å². The molecule has 1 heterocycles. The van der Waals surface area contributed by atoms with Gasteiger partial charge in [0, 0.05) is 21.4 Å². The molecule has 3 N–H and O–H groups in total. The molecular formula is C15H14ClN3S2. The molecule has 0 atom stereocenters. The molecule has 3 rings (SSSR count). The lowest BCUT2D eigenvalue weighted by molar-refractivity contribution is 1.26. The van der Waals surface area contributed by atoms with Crippen LogP contribution in [0.2, 0.25) is 5.02 Å². The van der Waals surface area contributed by atoms with E-state index in [2.05, 4.69) is 38.7 Å². The second-order valence-electron chi connectivity index (χ2n) is 4.35. The third-order valence-corrected chi connectivity index (χ3v) is 4.84. The third kappa shape index (κ3) is 3.32. The first-order chi connectivity index (χ1) is 10.3. The minimum atomic E-state index is 0.743. The first-order valence-electron chi connectivity index (χ1n) is 6.40. The Kier molecular flexibility index (Phi) is 4.65. The van der Waals surface area contributed by atoms with Crippen LogP contribution >= 0.6 is 35.5 Å². The molecule has 0 aliphatic heterocycles. The number of para-hydroxylation sites is 1. The van der Waals surface area contributed by atoms with Gasteiger partial charge in [-0.2, -0.15) is 0 Å². The second-order valence-corrected chi connectivity index (χ2v) is 6.72. The Morgan fingerprint density at radius 1 is 1.00 bits per heavy atom. The first kappa shape index (κ1) is 14.7. The number of H-pyrrole nitrogens is 1. The molecule has 0 saturated carbocycles. The lowest BCUT2D eigenvalue weighted by atomic mass is 10.2.